The number of nitrogens with zero attached hydrogens (tertiary/aromatic N) is 1. The number of nitrogens with one attached hydrogen (secondary N) is 2. The molecule has 0 bridgehead atoms. The SMILES string of the molecule is NCC1(CC(=O)Nc2ccc(=O)[nH]n2)CCCCC1. The molecule has 1 aromatic rings. The number of aromatic nitrogens is 2. The van der Waals surface area contributed by atoms with Gasteiger partial charge in [-0.1, -0.05) is 19.3 Å². The second-order valence-electron chi connectivity index (χ2n) is 5.30. The van der Waals surface area contributed by atoms with Gasteiger partial charge >= 0.3 is 0 Å². The summed E-state index contributed by atoms with van der Waals surface area (Å²) < 4.78 is 0. The zero-order valence-electron chi connectivity index (χ0n) is 10.9. The fourth-order valence-electron chi connectivity index (χ4n) is 2.70. The monoisotopic (exact) mass is 264 g/mol. The topological polar surface area (TPSA) is 101 Å². The minimum absolute atomic E-state index is 0.0650. The summed E-state index contributed by atoms with van der Waals surface area (Å²) in [7, 11) is 0. The van der Waals surface area contributed by atoms with E-state index < -0.39 is 0 Å². The summed E-state index contributed by atoms with van der Waals surface area (Å²) in [6.45, 7) is 0.541. The van der Waals surface area contributed by atoms with E-state index in [0.717, 1.165) is 25.7 Å². The Morgan fingerprint density at radius 3 is 2.68 bits per heavy atom. The van der Waals surface area contributed by atoms with E-state index in [0.29, 0.717) is 18.8 Å². The maximum absolute atomic E-state index is 12.0. The van der Waals surface area contributed by atoms with Crippen molar-refractivity contribution in [2.45, 2.75) is 38.5 Å². The number of H-pyrrole nitrogens is 1. The van der Waals surface area contributed by atoms with Crippen molar-refractivity contribution in [3.8, 4) is 0 Å². The first-order valence-electron chi connectivity index (χ1n) is 6.69. The van der Waals surface area contributed by atoms with Crippen LogP contribution in [0.1, 0.15) is 38.5 Å². The summed E-state index contributed by atoms with van der Waals surface area (Å²) in [6.07, 6.45) is 5.95. The highest BCUT2D eigenvalue weighted by molar-refractivity contribution is 5.90. The zero-order chi connectivity index (χ0) is 13.7. The van der Waals surface area contributed by atoms with E-state index >= 15 is 0 Å². The fourth-order valence-corrected chi connectivity index (χ4v) is 2.70. The number of amides is 1. The van der Waals surface area contributed by atoms with E-state index in [9.17, 15) is 9.59 Å². The molecule has 1 fully saturated rings. The molecule has 0 atom stereocenters. The van der Waals surface area contributed by atoms with Gasteiger partial charge in [-0.25, -0.2) is 5.10 Å². The molecule has 1 amide bonds. The normalized spacial score (nSPS) is 17.9. The maximum atomic E-state index is 12.0. The van der Waals surface area contributed by atoms with Gasteiger partial charge in [-0.05, 0) is 30.9 Å². The molecule has 6 nitrogen and oxygen atoms in total. The Labute approximate surface area is 111 Å². The molecule has 0 unspecified atom stereocenters. The Bertz CT molecular complexity index is 471. The molecule has 1 aromatic heterocycles. The van der Waals surface area contributed by atoms with Crippen LogP contribution in [0.25, 0.3) is 0 Å². The van der Waals surface area contributed by atoms with E-state index in [1.54, 1.807) is 0 Å². The van der Waals surface area contributed by atoms with E-state index in [-0.39, 0.29) is 16.9 Å². The lowest BCUT2D eigenvalue weighted by Crippen LogP contribution is -2.36. The molecule has 2 rings (SSSR count). The third-order valence-electron chi connectivity index (χ3n) is 3.83. The van der Waals surface area contributed by atoms with E-state index in [2.05, 4.69) is 15.5 Å². The molecule has 0 aliphatic heterocycles. The van der Waals surface area contributed by atoms with Gasteiger partial charge in [-0.15, -0.1) is 0 Å². The lowest BCUT2D eigenvalue weighted by molar-refractivity contribution is -0.118. The Morgan fingerprint density at radius 2 is 2.11 bits per heavy atom. The summed E-state index contributed by atoms with van der Waals surface area (Å²) in [4.78, 5) is 22.9. The summed E-state index contributed by atoms with van der Waals surface area (Å²) in [5.74, 6) is 0.277. The van der Waals surface area contributed by atoms with Crippen molar-refractivity contribution in [1.29, 1.82) is 0 Å². The predicted octanol–water partition coefficient (Wildman–Crippen LogP) is 1.01. The first-order chi connectivity index (χ1) is 9.13. The van der Waals surface area contributed by atoms with Crippen LogP contribution in [0.3, 0.4) is 0 Å². The molecule has 1 aliphatic carbocycles. The zero-order valence-corrected chi connectivity index (χ0v) is 10.9. The quantitative estimate of drug-likeness (QED) is 0.755. The van der Waals surface area contributed by atoms with Gasteiger partial charge in [0.1, 0.15) is 0 Å². The van der Waals surface area contributed by atoms with Crippen LogP contribution in [-0.4, -0.2) is 22.6 Å². The van der Waals surface area contributed by atoms with Gasteiger partial charge in [0.15, 0.2) is 5.82 Å². The average molecular weight is 264 g/mol. The summed E-state index contributed by atoms with van der Waals surface area (Å²) in [5.41, 5.74) is 5.50. The largest absolute Gasteiger partial charge is 0.330 e. The molecule has 0 saturated heterocycles. The lowest BCUT2D eigenvalue weighted by atomic mass is 9.71. The van der Waals surface area contributed by atoms with E-state index in [4.69, 9.17) is 5.73 Å². The summed E-state index contributed by atoms with van der Waals surface area (Å²) in [5, 5.41) is 8.75. The predicted molar refractivity (Wildman–Crippen MR) is 72.7 cm³/mol. The molecule has 104 valence electrons. The minimum atomic E-state index is -0.288. The molecule has 6 heteroatoms. The highest BCUT2D eigenvalue weighted by Crippen LogP contribution is 2.38. The number of anilines is 1. The van der Waals surface area contributed by atoms with Crippen LogP contribution in [0.15, 0.2) is 16.9 Å². The van der Waals surface area contributed by atoms with Crippen molar-refractivity contribution in [3.63, 3.8) is 0 Å². The molecule has 4 N–H and O–H groups in total. The molecular weight excluding hydrogens is 244 g/mol. The molecule has 1 saturated carbocycles. The Balaban J connectivity index is 1.96. The highest BCUT2D eigenvalue weighted by Gasteiger charge is 2.32. The standard InChI is InChI=1S/C13H20N4O2/c14-9-13(6-2-1-3-7-13)8-12(19)15-10-4-5-11(18)17-16-10/h4-5H,1-3,6-9,14H2,(H,17,18)(H,15,16,19). The van der Waals surface area contributed by atoms with Gasteiger partial charge in [-0.2, -0.15) is 5.10 Å². The summed E-state index contributed by atoms with van der Waals surface area (Å²) in [6, 6.07) is 2.83. The first kappa shape index (κ1) is 13.7. The van der Waals surface area contributed by atoms with Gasteiger partial charge in [0.25, 0.3) is 5.56 Å². The number of carbonyl (C=O) groups is 1. The molecule has 0 radical (unpaired) electrons. The van der Waals surface area contributed by atoms with Crippen LogP contribution < -0.4 is 16.6 Å². The van der Waals surface area contributed by atoms with Crippen molar-refractivity contribution in [2.75, 3.05) is 11.9 Å². The second kappa shape index (κ2) is 5.97. The smallest absolute Gasteiger partial charge is 0.264 e. The van der Waals surface area contributed by atoms with Crippen molar-refractivity contribution in [3.05, 3.63) is 22.5 Å². The molecular formula is C13H20N4O2. The highest BCUT2D eigenvalue weighted by atomic mass is 16.2. The first-order valence-corrected chi connectivity index (χ1v) is 6.69. The number of aromatic amines is 1. The Hall–Kier alpha value is -1.69. The van der Waals surface area contributed by atoms with Gasteiger partial charge < -0.3 is 11.1 Å². The molecule has 1 aliphatic rings. The third-order valence-corrected chi connectivity index (χ3v) is 3.83. The lowest BCUT2D eigenvalue weighted by Gasteiger charge is -2.35. The third kappa shape index (κ3) is 3.64. The number of hydrogen-bond acceptors (Lipinski definition) is 4. The number of nitrogens with two attached hydrogens (primary N) is 1. The number of carbonyl (C=O) groups excluding carboxylic acids is 1. The van der Waals surface area contributed by atoms with Crippen LogP contribution in [-0.2, 0) is 4.79 Å². The molecule has 1 heterocycles. The average Bonchev–Trinajstić information content (AvgIpc) is 2.42. The maximum Gasteiger partial charge on any atom is 0.264 e. The number of rotatable bonds is 4. The van der Waals surface area contributed by atoms with Crippen molar-refractivity contribution in [2.24, 2.45) is 11.1 Å². The van der Waals surface area contributed by atoms with Crippen molar-refractivity contribution >= 4 is 11.7 Å². The van der Waals surface area contributed by atoms with Crippen LogP contribution in [0, 0.1) is 5.41 Å². The Morgan fingerprint density at radius 1 is 1.37 bits per heavy atom. The van der Waals surface area contributed by atoms with Crippen LogP contribution >= 0.6 is 0 Å². The van der Waals surface area contributed by atoms with Crippen molar-refractivity contribution in [1.82, 2.24) is 10.2 Å². The molecule has 19 heavy (non-hydrogen) atoms. The van der Waals surface area contributed by atoms with Crippen molar-refractivity contribution < 1.29 is 4.79 Å². The van der Waals surface area contributed by atoms with Crippen LogP contribution in [0.5, 0.6) is 0 Å². The second-order valence-corrected chi connectivity index (χ2v) is 5.30. The van der Waals surface area contributed by atoms with E-state index in [1.165, 1.54) is 18.6 Å². The van der Waals surface area contributed by atoms with Crippen LogP contribution in [0.2, 0.25) is 0 Å². The van der Waals surface area contributed by atoms with Crippen LogP contribution in [0.4, 0.5) is 5.82 Å². The molecule has 0 spiro atoms. The van der Waals surface area contributed by atoms with E-state index in [1.807, 2.05) is 0 Å². The Kier molecular flexibility index (Phi) is 4.31. The van der Waals surface area contributed by atoms with Gasteiger partial charge in [0.05, 0.1) is 0 Å². The number of hydrogen-bond donors (Lipinski definition) is 3. The van der Waals surface area contributed by atoms with Gasteiger partial charge in [-0.3, -0.25) is 9.59 Å². The van der Waals surface area contributed by atoms with Gasteiger partial charge in [0.2, 0.25) is 5.91 Å². The fraction of sp³-hybridized carbons (Fsp3) is 0.615. The summed E-state index contributed by atoms with van der Waals surface area (Å²) >= 11 is 0. The van der Waals surface area contributed by atoms with Gasteiger partial charge in [0, 0.05) is 12.5 Å². The minimum Gasteiger partial charge on any atom is -0.330 e. The molecule has 0 aromatic carbocycles.